The molecule has 1 amide bonds. The Morgan fingerprint density at radius 1 is 1.06 bits per heavy atom. The van der Waals surface area contributed by atoms with E-state index in [-0.39, 0.29) is 17.3 Å². The van der Waals surface area contributed by atoms with E-state index in [4.69, 9.17) is 10.1 Å². The molecule has 5 rings (SSSR count). The molecule has 0 unspecified atom stereocenters. The van der Waals surface area contributed by atoms with Crippen LogP contribution in [0.25, 0.3) is 16.2 Å². The molecule has 0 aliphatic carbocycles. The number of carbonyl (C=O) groups excluding carboxylic acids is 1. The molecule has 182 valence electrons. The van der Waals surface area contributed by atoms with Crippen molar-refractivity contribution in [3.05, 3.63) is 65.5 Å². The van der Waals surface area contributed by atoms with Gasteiger partial charge in [0.25, 0.3) is 5.91 Å². The van der Waals surface area contributed by atoms with E-state index in [9.17, 15) is 9.18 Å². The highest BCUT2D eigenvalue weighted by atomic mass is 32.1. The summed E-state index contributed by atoms with van der Waals surface area (Å²) in [6, 6.07) is 14.8. The Balaban J connectivity index is 1.36. The summed E-state index contributed by atoms with van der Waals surface area (Å²) in [5.41, 5.74) is 2.69. The average Bonchev–Trinajstić information content (AvgIpc) is 3.39. The lowest BCUT2D eigenvalue weighted by Crippen LogP contribution is -2.48. The van der Waals surface area contributed by atoms with Crippen LogP contribution in [0.5, 0.6) is 0 Å². The first-order valence-corrected chi connectivity index (χ1v) is 12.5. The summed E-state index contributed by atoms with van der Waals surface area (Å²) in [5, 5.41) is 9.35. The van der Waals surface area contributed by atoms with Crippen LogP contribution in [-0.4, -0.2) is 57.1 Å². The number of anilines is 2. The number of rotatable bonds is 4. The molecular formula is C26H29FN6OS. The molecule has 9 heteroatoms. The molecule has 2 aromatic heterocycles. The molecule has 0 bridgehead atoms. The van der Waals surface area contributed by atoms with E-state index in [2.05, 4.69) is 43.1 Å². The number of hydrogen-bond acceptors (Lipinski definition) is 6. The predicted molar refractivity (Wildman–Crippen MR) is 139 cm³/mol. The third-order valence-corrected chi connectivity index (χ3v) is 6.96. The molecule has 7 nitrogen and oxygen atoms in total. The summed E-state index contributed by atoms with van der Waals surface area (Å²) in [6.45, 7) is 10.5. The van der Waals surface area contributed by atoms with E-state index in [1.165, 1.54) is 6.07 Å². The van der Waals surface area contributed by atoms with Crippen LogP contribution >= 0.6 is 11.3 Å². The number of carbonyl (C=O) groups is 1. The van der Waals surface area contributed by atoms with E-state index in [1.807, 2.05) is 22.7 Å². The standard InChI is InChI=1S/C26H29FN6OS/c1-17-10-11-19(16-20(17)27)23(34)31-12-14-32(15-13-31)25-30-33-22(29-26(2,3)4)21(28-24(33)35-25)18-8-6-5-7-9-18/h5-11,16,29H,12-15H2,1-4H3. The van der Waals surface area contributed by atoms with Gasteiger partial charge in [0.05, 0.1) is 0 Å². The molecule has 0 spiro atoms. The molecule has 1 saturated heterocycles. The van der Waals surface area contributed by atoms with Crippen molar-refractivity contribution in [1.82, 2.24) is 19.5 Å². The lowest BCUT2D eigenvalue weighted by Gasteiger charge is -2.34. The third-order valence-electron chi connectivity index (χ3n) is 5.99. The highest BCUT2D eigenvalue weighted by Crippen LogP contribution is 2.35. The quantitative estimate of drug-likeness (QED) is 0.431. The fourth-order valence-corrected chi connectivity index (χ4v) is 5.09. The van der Waals surface area contributed by atoms with Crippen LogP contribution in [0.15, 0.2) is 48.5 Å². The summed E-state index contributed by atoms with van der Waals surface area (Å²) in [6.07, 6.45) is 0. The molecule has 1 N–H and O–H groups in total. The minimum Gasteiger partial charge on any atom is -0.364 e. The van der Waals surface area contributed by atoms with Gasteiger partial charge in [-0.3, -0.25) is 4.79 Å². The zero-order valence-corrected chi connectivity index (χ0v) is 21.2. The summed E-state index contributed by atoms with van der Waals surface area (Å²) in [5.74, 6) is 0.383. The molecule has 0 saturated carbocycles. The number of fused-ring (bicyclic) bond motifs is 1. The molecule has 0 atom stereocenters. The number of hydrogen-bond donors (Lipinski definition) is 1. The first-order valence-electron chi connectivity index (χ1n) is 11.7. The van der Waals surface area contributed by atoms with Crippen molar-refractivity contribution in [3.63, 3.8) is 0 Å². The van der Waals surface area contributed by atoms with Crippen molar-refractivity contribution in [2.24, 2.45) is 0 Å². The van der Waals surface area contributed by atoms with Crippen molar-refractivity contribution in [1.29, 1.82) is 0 Å². The second kappa shape index (κ2) is 8.96. The average molecular weight is 493 g/mol. The minimum absolute atomic E-state index is 0.137. The Morgan fingerprint density at radius 3 is 2.43 bits per heavy atom. The van der Waals surface area contributed by atoms with Gasteiger partial charge in [-0.2, -0.15) is 4.52 Å². The highest BCUT2D eigenvalue weighted by molar-refractivity contribution is 7.20. The van der Waals surface area contributed by atoms with Crippen molar-refractivity contribution < 1.29 is 9.18 Å². The normalized spacial score (nSPS) is 14.5. The summed E-state index contributed by atoms with van der Waals surface area (Å²) >= 11 is 1.54. The second-order valence-electron chi connectivity index (χ2n) is 9.87. The van der Waals surface area contributed by atoms with Crippen LogP contribution in [0, 0.1) is 12.7 Å². The molecule has 35 heavy (non-hydrogen) atoms. The van der Waals surface area contributed by atoms with Crippen LogP contribution in [0.2, 0.25) is 0 Å². The molecule has 2 aromatic carbocycles. The van der Waals surface area contributed by atoms with Gasteiger partial charge in [0.2, 0.25) is 10.1 Å². The van der Waals surface area contributed by atoms with Gasteiger partial charge >= 0.3 is 0 Å². The number of piperazine rings is 1. The van der Waals surface area contributed by atoms with E-state index in [0.29, 0.717) is 37.3 Å². The van der Waals surface area contributed by atoms with Gasteiger partial charge in [-0.25, -0.2) is 9.37 Å². The number of amides is 1. The smallest absolute Gasteiger partial charge is 0.254 e. The monoisotopic (exact) mass is 492 g/mol. The van der Waals surface area contributed by atoms with E-state index >= 15 is 0 Å². The highest BCUT2D eigenvalue weighted by Gasteiger charge is 2.27. The van der Waals surface area contributed by atoms with Crippen molar-refractivity contribution in [2.75, 3.05) is 36.4 Å². The Morgan fingerprint density at radius 2 is 1.77 bits per heavy atom. The number of halogens is 1. The van der Waals surface area contributed by atoms with Gasteiger partial charge in [-0.05, 0) is 45.4 Å². The number of imidazole rings is 1. The molecule has 1 aliphatic rings. The fraction of sp³-hybridized carbons (Fsp3) is 0.346. The van der Waals surface area contributed by atoms with E-state index < -0.39 is 0 Å². The van der Waals surface area contributed by atoms with Crippen LogP contribution in [0.3, 0.4) is 0 Å². The Bertz CT molecular complexity index is 1370. The van der Waals surface area contributed by atoms with E-state index in [0.717, 1.165) is 27.2 Å². The zero-order chi connectivity index (χ0) is 24.7. The maximum absolute atomic E-state index is 13.9. The maximum atomic E-state index is 13.9. The number of aryl methyl sites for hydroxylation is 1. The van der Waals surface area contributed by atoms with Crippen LogP contribution in [0.1, 0.15) is 36.7 Å². The molecule has 1 fully saturated rings. The number of nitrogens with one attached hydrogen (secondary N) is 1. The molecule has 3 heterocycles. The van der Waals surface area contributed by atoms with Crippen molar-refractivity contribution >= 4 is 33.2 Å². The molecule has 0 radical (unpaired) electrons. The first-order chi connectivity index (χ1) is 16.7. The lowest BCUT2D eigenvalue weighted by molar-refractivity contribution is 0.0746. The van der Waals surface area contributed by atoms with Crippen LogP contribution < -0.4 is 10.2 Å². The fourth-order valence-electron chi connectivity index (χ4n) is 4.14. The second-order valence-corrected chi connectivity index (χ2v) is 10.8. The number of nitrogens with zero attached hydrogens (tertiary/aromatic N) is 5. The summed E-state index contributed by atoms with van der Waals surface area (Å²) < 4.78 is 15.8. The maximum Gasteiger partial charge on any atom is 0.254 e. The minimum atomic E-state index is -0.352. The van der Waals surface area contributed by atoms with Gasteiger partial charge < -0.3 is 15.1 Å². The molecule has 4 aromatic rings. The number of benzene rings is 2. The largest absolute Gasteiger partial charge is 0.364 e. The van der Waals surface area contributed by atoms with Gasteiger partial charge in [0.15, 0.2) is 5.82 Å². The third kappa shape index (κ3) is 4.73. The number of aromatic nitrogens is 3. The van der Waals surface area contributed by atoms with Crippen molar-refractivity contribution in [3.8, 4) is 11.3 Å². The molecule has 1 aliphatic heterocycles. The SMILES string of the molecule is Cc1ccc(C(=O)N2CCN(c3nn4c(NC(C)(C)C)c(-c5ccccc5)nc4s3)CC2)cc1F. The predicted octanol–water partition coefficient (Wildman–Crippen LogP) is 5.08. The van der Waals surface area contributed by atoms with Crippen molar-refractivity contribution in [2.45, 2.75) is 33.2 Å². The Hall–Kier alpha value is -3.46. The Labute approximate surface area is 208 Å². The van der Waals surface area contributed by atoms with Gasteiger partial charge in [0.1, 0.15) is 11.5 Å². The lowest BCUT2D eigenvalue weighted by atomic mass is 10.1. The summed E-state index contributed by atoms with van der Waals surface area (Å²) in [7, 11) is 0. The molecular weight excluding hydrogens is 463 g/mol. The van der Waals surface area contributed by atoms with Crippen LogP contribution in [0.4, 0.5) is 15.3 Å². The first kappa shape index (κ1) is 23.3. The van der Waals surface area contributed by atoms with E-state index in [1.54, 1.807) is 35.3 Å². The van der Waals surface area contributed by atoms with Crippen LogP contribution in [-0.2, 0) is 0 Å². The van der Waals surface area contributed by atoms with Gasteiger partial charge in [-0.15, -0.1) is 5.10 Å². The summed E-state index contributed by atoms with van der Waals surface area (Å²) in [4.78, 5) is 22.5. The topological polar surface area (TPSA) is 65.8 Å². The Kier molecular flexibility index (Phi) is 5.96. The van der Waals surface area contributed by atoms with Gasteiger partial charge in [-0.1, -0.05) is 47.7 Å². The zero-order valence-electron chi connectivity index (χ0n) is 20.4. The van der Waals surface area contributed by atoms with Gasteiger partial charge in [0, 0.05) is 42.8 Å².